The molecule has 132 heavy (non-hydrogen) atoms. The van der Waals surface area contributed by atoms with Crippen molar-refractivity contribution >= 4 is 113 Å². The number of para-hydroxylation sites is 4. The van der Waals surface area contributed by atoms with Crippen LogP contribution in [0.3, 0.4) is 0 Å². The zero-order valence-corrected chi connectivity index (χ0v) is 76.7. The van der Waals surface area contributed by atoms with Gasteiger partial charge in [0, 0.05) is 68.2 Å². The number of aromatic nitrogens is 3. The summed E-state index contributed by atoms with van der Waals surface area (Å²) in [4.78, 5) is 0. The molecule has 0 bridgehead atoms. The van der Waals surface area contributed by atoms with E-state index in [1.54, 1.807) is 0 Å². The van der Waals surface area contributed by atoms with E-state index in [1.165, 1.54) is 205 Å². The van der Waals surface area contributed by atoms with Crippen molar-refractivity contribution in [3.05, 3.63) is 523 Å². The van der Waals surface area contributed by atoms with E-state index in [0.29, 0.717) is 0 Å². The summed E-state index contributed by atoms with van der Waals surface area (Å²) in [5.41, 5.74) is 39.8. The number of hydrogen-bond donors (Lipinski definition) is 0. The highest BCUT2D eigenvalue weighted by Gasteiger charge is 2.24. The Morgan fingerprint density at radius 3 is 0.659 bits per heavy atom. The van der Waals surface area contributed by atoms with Crippen LogP contribution < -0.4 is 0 Å². The van der Waals surface area contributed by atoms with Gasteiger partial charge in [-0.05, 0) is 226 Å². The first kappa shape index (κ1) is 82.2. The van der Waals surface area contributed by atoms with Gasteiger partial charge in [0.2, 0.25) is 0 Å². The predicted octanol–water partition coefficient (Wildman–Crippen LogP) is 36.6. The third kappa shape index (κ3) is 16.1. The summed E-state index contributed by atoms with van der Waals surface area (Å²) < 4.78 is 10.5. The van der Waals surface area contributed by atoms with Crippen molar-refractivity contribution in [2.75, 3.05) is 0 Å². The molecule has 0 saturated heterocycles. The number of hydrogen-bond acceptors (Lipinski definition) is 0. The lowest BCUT2D eigenvalue weighted by Crippen LogP contribution is -2.00. The summed E-state index contributed by atoms with van der Waals surface area (Å²) in [5, 5.41) is 7.52. The second kappa shape index (κ2) is 36.5. The van der Waals surface area contributed by atoms with E-state index in [2.05, 4.69) is 571 Å². The van der Waals surface area contributed by atoms with Crippen LogP contribution in [-0.2, 0) is 0 Å². The Balaban J connectivity index is 0.000000116. The van der Waals surface area contributed by atoms with E-state index in [-0.39, 0.29) is 0 Å². The second-order valence-electron chi connectivity index (χ2n) is 33.3. The molecule has 0 radical (unpaired) electrons. The number of rotatable bonds is 15. The minimum atomic E-state index is 1.08. The van der Waals surface area contributed by atoms with Gasteiger partial charge in [-0.2, -0.15) is 0 Å². The van der Waals surface area contributed by atoms with Gasteiger partial charge in [0.1, 0.15) is 0 Å². The Labute approximate surface area is 793 Å². The maximum absolute atomic E-state index is 3.60. The van der Waals surface area contributed by atoms with Crippen LogP contribution in [0.4, 0.5) is 0 Å². The molecular weight excluding hydrogens is 1800 g/mol. The van der Waals surface area contributed by atoms with Gasteiger partial charge < -0.3 is 13.7 Å². The average molecular weight is 1880 g/mol. The Hall–Kier alpha value is -15.5. The smallest absolute Gasteiger partial charge is 0.0618 e. The third-order valence-corrected chi connectivity index (χ3v) is 27.1. The molecule has 624 valence electrons. The molecule has 0 atom stereocenters. The number of nitrogens with zero attached hydrogens (tertiary/aromatic N) is 3. The van der Waals surface area contributed by atoms with Crippen LogP contribution in [0.5, 0.6) is 0 Å². The van der Waals surface area contributed by atoms with Crippen molar-refractivity contribution in [3.63, 3.8) is 0 Å². The zero-order valence-electron chi connectivity index (χ0n) is 72.0. The van der Waals surface area contributed by atoms with Crippen LogP contribution in [0.1, 0.15) is 0 Å². The first-order valence-electron chi connectivity index (χ1n) is 44.6. The summed E-state index contributed by atoms with van der Waals surface area (Å²) in [6.45, 7) is 0. The number of halogens is 3. The predicted molar refractivity (Wildman–Crippen MR) is 571 cm³/mol. The average Bonchev–Trinajstić information content (AvgIpc) is 1.59. The number of fused-ring (bicyclic) bond motifs is 9. The molecule has 0 N–H and O–H groups in total. The molecule has 0 aliphatic heterocycles. The van der Waals surface area contributed by atoms with Crippen molar-refractivity contribution in [2.45, 2.75) is 0 Å². The third-order valence-electron chi connectivity index (χ3n) is 25.5. The van der Waals surface area contributed by atoms with E-state index in [0.717, 1.165) is 24.8 Å². The van der Waals surface area contributed by atoms with Crippen LogP contribution in [0, 0.1) is 0 Å². The highest BCUT2D eigenvalue weighted by atomic mass is 79.9. The monoisotopic (exact) mass is 1880 g/mol. The largest absolute Gasteiger partial charge is 0.309 e. The maximum Gasteiger partial charge on any atom is 0.0618 e. The molecule has 21 aromatic carbocycles. The molecule has 0 aliphatic rings. The van der Waals surface area contributed by atoms with E-state index >= 15 is 0 Å². The first-order valence-corrected chi connectivity index (χ1v) is 47.0. The molecule has 0 fully saturated rings. The molecule has 24 rings (SSSR count). The van der Waals surface area contributed by atoms with Crippen molar-refractivity contribution in [2.24, 2.45) is 0 Å². The molecular formula is C126H84Br3N3. The zero-order chi connectivity index (χ0) is 88.4. The second-order valence-corrected chi connectivity index (χ2v) is 36.0. The summed E-state index contributed by atoms with van der Waals surface area (Å²) in [6, 6.07) is 184. The van der Waals surface area contributed by atoms with E-state index < -0.39 is 0 Å². The molecule has 3 heterocycles. The molecule has 0 aliphatic carbocycles. The maximum atomic E-state index is 3.60. The fourth-order valence-corrected chi connectivity index (χ4v) is 20.0. The standard InChI is InChI=1S/3C42H28BrN/c43-33-25-22-31(23-26-33)34-16-7-8-17-35(34)32-24-27-39-38-18-9-10-21-40(38)44(41(39)28-32)42-36(29-12-3-1-4-13-29)19-11-20-37(42)30-14-5-2-6-15-30;43-33-23-18-30(19-24-33)37-14-6-7-15-38(37)32-22-27-40-39-16-8-9-17-41(39)44(42(40)28-32)34-25-20-31(21-26-34)36-13-5-4-12-35(36)29-10-2-1-3-11-29;43-35-22-17-31(18-23-35)37-13-4-5-14-38(37)34-21-26-40-39-15-6-7-16-41(39)44(42(40)28-34)36-24-19-30(20-25-36)33-12-8-11-32(27-33)29-9-2-1-3-10-29/h3*1-28H. The Morgan fingerprint density at radius 2 is 0.326 bits per heavy atom. The quantitative estimate of drug-likeness (QED) is 0.0972. The van der Waals surface area contributed by atoms with E-state index in [9.17, 15) is 0 Å². The Morgan fingerprint density at radius 1 is 0.121 bits per heavy atom. The lowest BCUT2D eigenvalue weighted by Gasteiger charge is -2.19. The van der Waals surface area contributed by atoms with Crippen LogP contribution in [-0.4, -0.2) is 13.7 Å². The molecule has 24 aromatic rings. The lowest BCUT2D eigenvalue weighted by molar-refractivity contribution is 1.18. The van der Waals surface area contributed by atoms with E-state index in [4.69, 9.17) is 0 Å². The summed E-state index contributed by atoms with van der Waals surface area (Å²) in [7, 11) is 0. The first-order chi connectivity index (χ1) is 65.2. The van der Waals surface area contributed by atoms with Gasteiger partial charge in [-0.3, -0.25) is 0 Å². The van der Waals surface area contributed by atoms with Gasteiger partial charge in [-0.15, -0.1) is 0 Å². The SMILES string of the molecule is Brc1ccc(-c2ccccc2-c2ccc3c4ccccc4n(-c4c(-c5ccccc5)cccc4-c4ccccc4)c3c2)cc1.Brc1ccc(-c2ccccc2-c2ccc3c4ccccc4n(-c4ccc(-c5cccc(-c6ccccc6)c5)cc4)c3c2)cc1.Brc1ccc(-c2ccccc2-c2ccc3c4ccccc4n(-c4ccc(-c5ccccc5-c5ccccc5)cc4)c3c2)cc1. The normalized spacial score (nSPS) is 11.3. The van der Waals surface area contributed by atoms with Crippen LogP contribution >= 0.6 is 47.8 Å². The van der Waals surface area contributed by atoms with Gasteiger partial charge in [0.05, 0.1) is 38.8 Å². The van der Waals surface area contributed by atoms with Crippen LogP contribution in [0.2, 0.25) is 0 Å². The molecule has 0 unspecified atom stereocenters. The Kier molecular flexibility index (Phi) is 22.7. The minimum absolute atomic E-state index is 1.08. The molecule has 3 aromatic heterocycles. The Bertz CT molecular complexity index is 8290. The fraction of sp³-hybridized carbons (Fsp3) is 0. The number of benzene rings is 21. The highest BCUT2D eigenvalue weighted by Crippen LogP contribution is 2.47. The minimum Gasteiger partial charge on any atom is -0.309 e. The molecule has 0 spiro atoms. The molecule has 0 saturated carbocycles. The van der Waals surface area contributed by atoms with Crippen LogP contribution in [0.25, 0.3) is 216 Å². The van der Waals surface area contributed by atoms with E-state index in [1.807, 2.05) is 0 Å². The van der Waals surface area contributed by atoms with Gasteiger partial charge in [0.25, 0.3) is 0 Å². The lowest BCUT2D eigenvalue weighted by atomic mass is 9.93. The van der Waals surface area contributed by atoms with Crippen molar-refractivity contribution in [1.82, 2.24) is 13.7 Å². The summed E-state index contributed by atoms with van der Waals surface area (Å²) in [5.74, 6) is 0. The van der Waals surface area contributed by atoms with Crippen molar-refractivity contribution in [1.29, 1.82) is 0 Å². The molecule has 6 heteroatoms. The van der Waals surface area contributed by atoms with Gasteiger partial charge >= 0.3 is 0 Å². The van der Waals surface area contributed by atoms with Crippen LogP contribution in [0.15, 0.2) is 523 Å². The molecule has 0 amide bonds. The summed E-state index contributed by atoms with van der Waals surface area (Å²) in [6.07, 6.45) is 0. The van der Waals surface area contributed by atoms with Gasteiger partial charge in [0.15, 0.2) is 0 Å². The van der Waals surface area contributed by atoms with Gasteiger partial charge in [-0.1, -0.05) is 454 Å². The fourth-order valence-electron chi connectivity index (χ4n) is 19.3. The van der Waals surface area contributed by atoms with Crippen molar-refractivity contribution in [3.8, 4) is 151 Å². The van der Waals surface area contributed by atoms with Crippen molar-refractivity contribution < 1.29 is 0 Å². The topological polar surface area (TPSA) is 14.8 Å². The summed E-state index contributed by atoms with van der Waals surface area (Å²) >= 11 is 10.8. The highest BCUT2D eigenvalue weighted by molar-refractivity contribution is 9.11. The molecule has 3 nitrogen and oxygen atoms in total. The van der Waals surface area contributed by atoms with Gasteiger partial charge in [-0.25, -0.2) is 0 Å².